The fraction of sp³-hybridized carbons (Fsp3) is 0.348. The van der Waals surface area contributed by atoms with Crippen molar-refractivity contribution in [2.75, 3.05) is 26.2 Å². The molecule has 5 rings (SSSR count). The molecule has 0 aromatic carbocycles. The summed E-state index contributed by atoms with van der Waals surface area (Å²) in [4.78, 5) is 26.6. The van der Waals surface area contributed by atoms with Crippen LogP contribution in [0, 0.1) is 0 Å². The first-order valence-electron chi connectivity index (χ1n) is 10.2. The summed E-state index contributed by atoms with van der Waals surface area (Å²) < 4.78 is 6.35. The number of carbonyl (C=O) groups is 1. The highest BCUT2D eigenvalue weighted by atomic mass is 32.1. The van der Waals surface area contributed by atoms with E-state index in [0.717, 1.165) is 24.2 Å². The van der Waals surface area contributed by atoms with Crippen molar-refractivity contribution < 1.29 is 9.53 Å². The van der Waals surface area contributed by atoms with Gasteiger partial charge in [0.15, 0.2) is 5.60 Å². The number of amides is 1. The van der Waals surface area contributed by atoms with Crippen LogP contribution in [0.1, 0.15) is 22.6 Å². The van der Waals surface area contributed by atoms with E-state index in [-0.39, 0.29) is 11.8 Å². The van der Waals surface area contributed by atoms with E-state index >= 15 is 0 Å². The predicted octanol–water partition coefficient (Wildman–Crippen LogP) is 2.94. The second-order valence-electron chi connectivity index (χ2n) is 7.97. The zero-order valence-electron chi connectivity index (χ0n) is 16.7. The average molecular weight is 421 g/mol. The van der Waals surface area contributed by atoms with Crippen LogP contribution in [0.4, 0.5) is 0 Å². The number of thiophene rings is 1. The van der Waals surface area contributed by atoms with Gasteiger partial charge < -0.3 is 9.64 Å². The first-order valence-corrected chi connectivity index (χ1v) is 11.1. The van der Waals surface area contributed by atoms with Gasteiger partial charge in [0.1, 0.15) is 0 Å². The van der Waals surface area contributed by atoms with Gasteiger partial charge in [-0.2, -0.15) is 11.3 Å². The minimum atomic E-state index is -0.875. The smallest absolute Gasteiger partial charge is 0.257 e. The Morgan fingerprint density at radius 3 is 2.70 bits per heavy atom. The van der Waals surface area contributed by atoms with Crippen molar-refractivity contribution in [3.05, 3.63) is 82.6 Å². The van der Waals surface area contributed by atoms with Gasteiger partial charge in [-0.3, -0.25) is 19.7 Å². The summed E-state index contributed by atoms with van der Waals surface area (Å²) in [6.45, 7) is 3.87. The Kier molecular flexibility index (Phi) is 5.33. The van der Waals surface area contributed by atoms with Gasteiger partial charge in [-0.25, -0.2) is 0 Å². The number of likely N-dealkylation sites (tertiary alicyclic amines) is 1. The lowest BCUT2D eigenvalue weighted by Gasteiger charge is -2.42. The SMILES string of the molecule is O=C1N(Cc2cccnc2)CCO[C@]12CN(Cc1ccsc1)C[C@@H]2c1cccnc1. The van der Waals surface area contributed by atoms with E-state index in [0.29, 0.717) is 26.2 Å². The van der Waals surface area contributed by atoms with Gasteiger partial charge >= 0.3 is 0 Å². The summed E-state index contributed by atoms with van der Waals surface area (Å²) in [6, 6.07) is 10.1. The molecule has 3 aromatic heterocycles. The fourth-order valence-corrected chi connectivity index (χ4v) is 5.29. The molecule has 2 aliphatic heterocycles. The Balaban J connectivity index is 1.45. The largest absolute Gasteiger partial charge is 0.361 e. The molecule has 0 saturated carbocycles. The van der Waals surface area contributed by atoms with E-state index < -0.39 is 5.60 Å². The predicted molar refractivity (Wildman–Crippen MR) is 115 cm³/mol. The molecule has 7 heteroatoms. The van der Waals surface area contributed by atoms with Crippen molar-refractivity contribution in [2.24, 2.45) is 0 Å². The van der Waals surface area contributed by atoms with E-state index in [9.17, 15) is 4.79 Å². The summed E-state index contributed by atoms with van der Waals surface area (Å²) >= 11 is 1.70. The second-order valence-corrected chi connectivity index (χ2v) is 8.75. The van der Waals surface area contributed by atoms with Gasteiger partial charge in [-0.05, 0) is 45.6 Å². The molecule has 1 amide bonds. The van der Waals surface area contributed by atoms with Crippen LogP contribution in [-0.4, -0.2) is 57.5 Å². The van der Waals surface area contributed by atoms with Crippen LogP contribution in [0.2, 0.25) is 0 Å². The Bertz CT molecular complexity index is 983. The van der Waals surface area contributed by atoms with Crippen LogP contribution in [0.3, 0.4) is 0 Å². The van der Waals surface area contributed by atoms with E-state index in [1.807, 2.05) is 35.5 Å². The fourth-order valence-electron chi connectivity index (χ4n) is 4.63. The molecule has 1 spiro atoms. The zero-order valence-corrected chi connectivity index (χ0v) is 17.5. The number of carbonyl (C=O) groups excluding carboxylic acids is 1. The highest BCUT2D eigenvalue weighted by Gasteiger charge is 2.56. The zero-order chi connectivity index (χ0) is 20.4. The monoisotopic (exact) mass is 420 g/mol. The number of nitrogens with zero attached hydrogens (tertiary/aromatic N) is 4. The van der Waals surface area contributed by atoms with Crippen LogP contribution in [-0.2, 0) is 22.6 Å². The number of rotatable bonds is 5. The van der Waals surface area contributed by atoms with Gasteiger partial charge in [0.25, 0.3) is 5.91 Å². The number of aromatic nitrogens is 2. The van der Waals surface area contributed by atoms with E-state index in [1.165, 1.54) is 5.56 Å². The quantitative estimate of drug-likeness (QED) is 0.635. The van der Waals surface area contributed by atoms with Gasteiger partial charge in [-0.1, -0.05) is 12.1 Å². The Labute approximate surface area is 180 Å². The molecule has 5 heterocycles. The summed E-state index contributed by atoms with van der Waals surface area (Å²) in [5, 5.41) is 4.26. The maximum Gasteiger partial charge on any atom is 0.257 e. The van der Waals surface area contributed by atoms with E-state index in [2.05, 4.69) is 37.8 Å². The number of hydrogen-bond donors (Lipinski definition) is 0. The van der Waals surface area contributed by atoms with Gasteiger partial charge in [0.2, 0.25) is 0 Å². The molecule has 2 aliphatic rings. The van der Waals surface area contributed by atoms with Crippen LogP contribution < -0.4 is 0 Å². The van der Waals surface area contributed by atoms with Crippen molar-refractivity contribution in [1.82, 2.24) is 19.8 Å². The average Bonchev–Trinajstić information content (AvgIpc) is 3.42. The molecule has 154 valence electrons. The topological polar surface area (TPSA) is 58.6 Å². The number of morpholine rings is 1. The van der Waals surface area contributed by atoms with Gasteiger partial charge in [0.05, 0.1) is 6.61 Å². The third-order valence-corrected chi connectivity index (χ3v) is 6.73. The van der Waals surface area contributed by atoms with Crippen LogP contribution in [0.5, 0.6) is 0 Å². The lowest BCUT2D eigenvalue weighted by Crippen LogP contribution is -2.59. The second kappa shape index (κ2) is 8.26. The number of ether oxygens (including phenoxy) is 1. The Hall–Kier alpha value is -2.61. The van der Waals surface area contributed by atoms with Crippen LogP contribution >= 0.6 is 11.3 Å². The first-order chi connectivity index (χ1) is 14.7. The third-order valence-electron chi connectivity index (χ3n) is 6.00. The van der Waals surface area contributed by atoms with Crippen molar-refractivity contribution in [1.29, 1.82) is 0 Å². The molecule has 0 aliphatic carbocycles. The molecular formula is C23H24N4O2S. The lowest BCUT2D eigenvalue weighted by molar-refractivity contribution is -0.173. The molecule has 6 nitrogen and oxygen atoms in total. The minimum Gasteiger partial charge on any atom is -0.361 e. The van der Waals surface area contributed by atoms with E-state index in [1.54, 1.807) is 23.7 Å². The van der Waals surface area contributed by atoms with Crippen LogP contribution in [0.25, 0.3) is 0 Å². The maximum absolute atomic E-state index is 13.8. The summed E-state index contributed by atoms with van der Waals surface area (Å²) in [5.41, 5.74) is 2.49. The molecule has 30 heavy (non-hydrogen) atoms. The molecule has 0 radical (unpaired) electrons. The van der Waals surface area contributed by atoms with Crippen molar-refractivity contribution >= 4 is 17.2 Å². The molecule has 2 saturated heterocycles. The van der Waals surface area contributed by atoms with Crippen LogP contribution in [0.15, 0.2) is 65.9 Å². The highest BCUT2D eigenvalue weighted by molar-refractivity contribution is 7.07. The Morgan fingerprint density at radius 2 is 1.97 bits per heavy atom. The van der Waals surface area contributed by atoms with Crippen molar-refractivity contribution in [3.63, 3.8) is 0 Å². The molecule has 2 fully saturated rings. The number of hydrogen-bond acceptors (Lipinski definition) is 6. The van der Waals surface area contributed by atoms with E-state index in [4.69, 9.17) is 4.74 Å². The molecule has 2 atom stereocenters. The highest BCUT2D eigenvalue weighted by Crippen LogP contribution is 2.42. The first kappa shape index (κ1) is 19.4. The number of pyridine rings is 2. The molecule has 3 aromatic rings. The normalized spacial score (nSPS) is 24.6. The summed E-state index contributed by atoms with van der Waals surface area (Å²) in [5.74, 6) is 0.0216. The Morgan fingerprint density at radius 1 is 1.10 bits per heavy atom. The third kappa shape index (κ3) is 3.64. The summed E-state index contributed by atoms with van der Waals surface area (Å²) in [6.07, 6.45) is 7.22. The minimum absolute atomic E-state index is 0.0472. The summed E-state index contributed by atoms with van der Waals surface area (Å²) in [7, 11) is 0. The molecule has 0 N–H and O–H groups in total. The lowest BCUT2D eigenvalue weighted by atomic mass is 9.83. The van der Waals surface area contributed by atoms with Gasteiger partial charge in [0, 0.05) is 63.4 Å². The standard InChI is InChI=1S/C23H24N4O2S/c28-22-23(29-9-8-27(22)14-18-3-1-6-24-11-18)17-26(13-19-5-10-30-16-19)15-21(23)20-4-2-7-25-12-20/h1-7,10-12,16,21H,8-9,13-15,17H2/t21-,23+/m1/s1. The molecular weight excluding hydrogens is 396 g/mol. The molecule has 0 unspecified atom stereocenters. The maximum atomic E-state index is 13.8. The van der Waals surface area contributed by atoms with Gasteiger partial charge in [-0.15, -0.1) is 0 Å². The van der Waals surface area contributed by atoms with Crippen molar-refractivity contribution in [3.8, 4) is 0 Å². The molecule has 0 bridgehead atoms. The van der Waals surface area contributed by atoms with Crippen molar-refractivity contribution in [2.45, 2.75) is 24.6 Å².